The van der Waals surface area contributed by atoms with Crippen LogP contribution in [0.5, 0.6) is 0 Å². The first-order chi connectivity index (χ1) is 6.20. The first-order valence-electron chi connectivity index (χ1n) is 5.61. The summed E-state index contributed by atoms with van der Waals surface area (Å²) in [5.74, 6) is 0.739. The van der Waals surface area contributed by atoms with Crippen molar-refractivity contribution in [2.24, 2.45) is 11.3 Å². The Morgan fingerprint density at radius 3 is 2.23 bits per heavy atom. The van der Waals surface area contributed by atoms with Crippen LogP contribution in [-0.4, -0.2) is 13.1 Å². The largest absolute Gasteiger partial charge is 0.316 e. The third kappa shape index (κ3) is 1.96. The molecular weight excluding hydrogens is 158 g/mol. The first-order valence-corrected chi connectivity index (χ1v) is 5.61. The molecule has 0 aromatic carbocycles. The van der Waals surface area contributed by atoms with E-state index in [0.29, 0.717) is 5.41 Å². The van der Waals surface area contributed by atoms with Gasteiger partial charge in [-0.3, -0.25) is 0 Å². The van der Waals surface area contributed by atoms with Crippen LogP contribution in [0.1, 0.15) is 39.5 Å². The quantitative estimate of drug-likeness (QED) is 0.610. The predicted molar refractivity (Wildman–Crippen MR) is 56.7 cm³/mol. The molecule has 2 fully saturated rings. The normalized spacial score (nSPS) is 26.2. The molecule has 1 N–H and O–H groups in total. The van der Waals surface area contributed by atoms with Crippen LogP contribution in [0.25, 0.3) is 0 Å². The van der Waals surface area contributed by atoms with Gasteiger partial charge in [0.1, 0.15) is 0 Å². The Labute approximate surface area is 81.6 Å². The number of hydrogen-bond acceptors (Lipinski definition) is 1. The van der Waals surface area contributed by atoms with Crippen LogP contribution in [0, 0.1) is 11.3 Å². The maximum Gasteiger partial charge on any atom is 0.00204 e. The molecular formula is C12H21N. The molecule has 1 saturated carbocycles. The molecule has 2 aliphatic rings. The van der Waals surface area contributed by atoms with Gasteiger partial charge in [-0.1, -0.05) is 25.5 Å². The number of rotatable bonds is 1. The monoisotopic (exact) mass is 179 g/mol. The average Bonchev–Trinajstić information content (AvgIpc) is 2.02. The molecule has 1 heteroatoms. The van der Waals surface area contributed by atoms with E-state index in [0.717, 1.165) is 5.92 Å². The van der Waals surface area contributed by atoms with E-state index >= 15 is 0 Å². The average molecular weight is 179 g/mol. The fraction of sp³-hybridized carbons (Fsp3) is 0.833. The van der Waals surface area contributed by atoms with Gasteiger partial charge in [0.15, 0.2) is 0 Å². The van der Waals surface area contributed by atoms with Crippen LogP contribution < -0.4 is 5.32 Å². The standard InChI is InChI=1S/C12H21N/c1-10(2)7-11-3-5-12(6-4-11)8-13-9-12/h7,10,13H,3-6,8-9H2,1-2H3. The molecule has 1 saturated heterocycles. The van der Waals surface area contributed by atoms with Crippen molar-refractivity contribution in [2.75, 3.05) is 13.1 Å². The highest BCUT2D eigenvalue weighted by molar-refractivity contribution is 5.11. The van der Waals surface area contributed by atoms with E-state index in [4.69, 9.17) is 0 Å². The molecule has 1 aliphatic carbocycles. The van der Waals surface area contributed by atoms with Gasteiger partial charge < -0.3 is 5.32 Å². The number of allylic oxidation sites excluding steroid dienone is 2. The maximum atomic E-state index is 3.41. The summed E-state index contributed by atoms with van der Waals surface area (Å²) < 4.78 is 0. The van der Waals surface area contributed by atoms with Crippen molar-refractivity contribution in [3.8, 4) is 0 Å². The molecule has 0 amide bonds. The molecule has 0 atom stereocenters. The van der Waals surface area contributed by atoms with Crippen molar-refractivity contribution in [3.05, 3.63) is 11.6 Å². The van der Waals surface area contributed by atoms with Crippen molar-refractivity contribution in [1.82, 2.24) is 5.32 Å². The molecule has 1 nitrogen and oxygen atoms in total. The second-order valence-corrected chi connectivity index (χ2v) is 5.17. The fourth-order valence-electron chi connectivity index (χ4n) is 2.57. The minimum Gasteiger partial charge on any atom is -0.316 e. The molecule has 0 aromatic rings. The zero-order valence-electron chi connectivity index (χ0n) is 8.90. The van der Waals surface area contributed by atoms with Crippen LogP contribution in [-0.2, 0) is 0 Å². The van der Waals surface area contributed by atoms with Gasteiger partial charge in [-0.2, -0.15) is 0 Å². The van der Waals surface area contributed by atoms with E-state index in [1.54, 1.807) is 5.57 Å². The van der Waals surface area contributed by atoms with E-state index in [-0.39, 0.29) is 0 Å². The molecule has 1 spiro atoms. The Hall–Kier alpha value is -0.300. The van der Waals surface area contributed by atoms with Gasteiger partial charge in [0, 0.05) is 13.1 Å². The van der Waals surface area contributed by atoms with Crippen LogP contribution in [0.3, 0.4) is 0 Å². The SMILES string of the molecule is CC(C)C=C1CCC2(CC1)CNC2. The lowest BCUT2D eigenvalue weighted by Crippen LogP contribution is -2.54. The highest BCUT2D eigenvalue weighted by Crippen LogP contribution is 2.41. The Morgan fingerprint density at radius 2 is 1.85 bits per heavy atom. The summed E-state index contributed by atoms with van der Waals surface area (Å²) in [5, 5.41) is 3.41. The lowest BCUT2D eigenvalue weighted by Gasteiger charge is -2.46. The van der Waals surface area contributed by atoms with Gasteiger partial charge in [0.2, 0.25) is 0 Å². The summed E-state index contributed by atoms with van der Waals surface area (Å²) in [4.78, 5) is 0. The zero-order chi connectivity index (χ0) is 9.31. The molecule has 13 heavy (non-hydrogen) atoms. The minimum atomic E-state index is 0.717. The molecule has 1 aliphatic heterocycles. The summed E-state index contributed by atoms with van der Waals surface area (Å²) in [5.41, 5.74) is 2.43. The highest BCUT2D eigenvalue weighted by Gasteiger charge is 2.38. The smallest absolute Gasteiger partial charge is 0.00204 e. The van der Waals surface area contributed by atoms with Crippen LogP contribution >= 0.6 is 0 Å². The first kappa shape index (κ1) is 9.26. The van der Waals surface area contributed by atoms with E-state index in [1.165, 1.54) is 38.8 Å². The Morgan fingerprint density at radius 1 is 1.23 bits per heavy atom. The molecule has 0 unspecified atom stereocenters. The molecule has 2 rings (SSSR count). The molecule has 0 radical (unpaired) electrons. The van der Waals surface area contributed by atoms with Gasteiger partial charge >= 0.3 is 0 Å². The number of nitrogens with one attached hydrogen (secondary N) is 1. The highest BCUT2D eigenvalue weighted by atomic mass is 15.0. The molecule has 0 aromatic heterocycles. The molecule has 74 valence electrons. The van der Waals surface area contributed by atoms with Crippen LogP contribution in [0.2, 0.25) is 0 Å². The third-order valence-electron chi connectivity index (χ3n) is 3.52. The Balaban J connectivity index is 1.88. The Kier molecular flexibility index (Phi) is 2.46. The van der Waals surface area contributed by atoms with Gasteiger partial charge in [-0.05, 0) is 37.0 Å². The lowest BCUT2D eigenvalue weighted by atomic mass is 9.68. The van der Waals surface area contributed by atoms with Gasteiger partial charge in [-0.25, -0.2) is 0 Å². The summed E-state index contributed by atoms with van der Waals surface area (Å²) in [6.45, 7) is 7.12. The minimum absolute atomic E-state index is 0.717. The van der Waals surface area contributed by atoms with Crippen molar-refractivity contribution in [1.29, 1.82) is 0 Å². The molecule has 1 heterocycles. The maximum absolute atomic E-state index is 3.41. The summed E-state index contributed by atoms with van der Waals surface area (Å²) in [7, 11) is 0. The van der Waals surface area contributed by atoms with Crippen molar-refractivity contribution >= 4 is 0 Å². The van der Waals surface area contributed by atoms with Crippen molar-refractivity contribution in [3.63, 3.8) is 0 Å². The second kappa shape index (κ2) is 3.45. The van der Waals surface area contributed by atoms with Crippen molar-refractivity contribution in [2.45, 2.75) is 39.5 Å². The summed E-state index contributed by atoms with van der Waals surface area (Å²) >= 11 is 0. The van der Waals surface area contributed by atoms with Gasteiger partial charge in [0.05, 0.1) is 0 Å². The fourth-order valence-corrected chi connectivity index (χ4v) is 2.57. The zero-order valence-corrected chi connectivity index (χ0v) is 8.90. The number of hydrogen-bond donors (Lipinski definition) is 1. The second-order valence-electron chi connectivity index (χ2n) is 5.17. The molecule has 0 bridgehead atoms. The van der Waals surface area contributed by atoms with Gasteiger partial charge in [0.25, 0.3) is 0 Å². The van der Waals surface area contributed by atoms with E-state index in [9.17, 15) is 0 Å². The topological polar surface area (TPSA) is 12.0 Å². The van der Waals surface area contributed by atoms with Crippen LogP contribution in [0.4, 0.5) is 0 Å². The lowest BCUT2D eigenvalue weighted by molar-refractivity contribution is 0.123. The van der Waals surface area contributed by atoms with E-state index in [1.807, 2.05) is 0 Å². The summed E-state index contributed by atoms with van der Waals surface area (Å²) in [6.07, 6.45) is 8.05. The third-order valence-corrected chi connectivity index (χ3v) is 3.52. The Bertz CT molecular complexity index is 199. The van der Waals surface area contributed by atoms with E-state index in [2.05, 4.69) is 25.2 Å². The summed E-state index contributed by atoms with van der Waals surface area (Å²) in [6, 6.07) is 0. The van der Waals surface area contributed by atoms with Crippen LogP contribution in [0.15, 0.2) is 11.6 Å². The van der Waals surface area contributed by atoms with E-state index < -0.39 is 0 Å². The van der Waals surface area contributed by atoms with Crippen molar-refractivity contribution < 1.29 is 0 Å². The predicted octanol–water partition coefficient (Wildman–Crippen LogP) is 2.73. The van der Waals surface area contributed by atoms with Gasteiger partial charge in [-0.15, -0.1) is 0 Å².